The Hall–Kier alpha value is -2.33. The van der Waals surface area contributed by atoms with Gasteiger partial charge in [0.15, 0.2) is 0 Å². The number of carbonyl (C=O) groups is 1. The van der Waals surface area contributed by atoms with Crippen molar-refractivity contribution in [2.45, 2.75) is 20.1 Å². The molecule has 0 unspecified atom stereocenters. The molecule has 4 heteroatoms. The quantitative estimate of drug-likeness (QED) is 0.854. The number of hydrogen-bond acceptors (Lipinski definition) is 3. The van der Waals surface area contributed by atoms with E-state index in [0.717, 1.165) is 11.1 Å². The fourth-order valence-electron chi connectivity index (χ4n) is 2.12. The van der Waals surface area contributed by atoms with E-state index in [0.29, 0.717) is 31.1 Å². The summed E-state index contributed by atoms with van der Waals surface area (Å²) in [7, 11) is 1.58. The van der Waals surface area contributed by atoms with Gasteiger partial charge in [-0.3, -0.25) is 4.79 Å². The van der Waals surface area contributed by atoms with Gasteiger partial charge in [-0.1, -0.05) is 30.3 Å². The summed E-state index contributed by atoms with van der Waals surface area (Å²) in [6.45, 7) is 3.67. The lowest BCUT2D eigenvalue weighted by molar-refractivity contribution is 0.0949. The molecular weight excluding hydrogens is 278 g/mol. The second kappa shape index (κ2) is 8.20. The molecule has 22 heavy (non-hydrogen) atoms. The Bertz CT molecular complexity index is 625. The first-order valence-electron chi connectivity index (χ1n) is 7.31. The third-order valence-corrected chi connectivity index (χ3v) is 3.35. The van der Waals surface area contributed by atoms with E-state index in [-0.39, 0.29) is 5.91 Å². The highest BCUT2D eigenvalue weighted by molar-refractivity contribution is 5.94. The summed E-state index contributed by atoms with van der Waals surface area (Å²) in [5.41, 5.74) is 2.74. The zero-order valence-electron chi connectivity index (χ0n) is 13.0. The van der Waals surface area contributed by atoms with Gasteiger partial charge in [-0.05, 0) is 36.2 Å². The van der Waals surface area contributed by atoms with Crippen molar-refractivity contribution >= 4 is 5.91 Å². The van der Waals surface area contributed by atoms with Crippen molar-refractivity contribution in [3.8, 4) is 5.75 Å². The summed E-state index contributed by atoms with van der Waals surface area (Å²) in [5, 5.41) is 2.93. The molecule has 2 aromatic carbocycles. The molecule has 0 aliphatic rings. The number of amides is 1. The largest absolute Gasteiger partial charge is 0.497 e. The molecule has 0 radical (unpaired) electrons. The molecule has 0 saturated heterocycles. The lowest BCUT2D eigenvalue weighted by Crippen LogP contribution is -2.23. The maximum Gasteiger partial charge on any atom is 0.251 e. The van der Waals surface area contributed by atoms with Crippen LogP contribution < -0.4 is 10.1 Å². The second-order valence-corrected chi connectivity index (χ2v) is 4.82. The fourth-order valence-corrected chi connectivity index (χ4v) is 2.12. The lowest BCUT2D eigenvalue weighted by Gasteiger charge is -2.11. The van der Waals surface area contributed by atoms with E-state index in [1.165, 1.54) is 0 Å². The van der Waals surface area contributed by atoms with Crippen molar-refractivity contribution in [1.82, 2.24) is 5.32 Å². The Kier molecular flexibility index (Phi) is 5.98. The number of hydrogen-bond donors (Lipinski definition) is 1. The minimum Gasteiger partial charge on any atom is -0.497 e. The van der Waals surface area contributed by atoms with Gasteiger partial charge in [0.25, 0.3) is 5.91 Å². The summed E-state index contributed by atoms with van der Waals surface area (Å²) in [6.07, 6.45) is 0. The third-order valence-electron chi connectivity index (χ3n) is 3.35. The van der Waals surface area contributed by atoms with E-state index >= 15 is 0 Å². The Morgan fingerprint density at radius 1 is 1.09 bits per heavy atom. The third kappa shape index (κ3) is 4.33. The topological polar surface area (TPSA) is 47.6 Å². The SMILES string of the molecule is CCOCc1ccccc1CNC(=O)c1cccc(OC)c1. The van der Waals surface area contributed by atoms with Crippen LogP contribution in [0.3, 0.4) is 0 Å². The molecule has 4 nitrogen and oxygen atoms in total. The molecule has 0 atom stereocenters. The average Bonchev–Trinajstić information content (AvgIpc) is 2.58. The van der Waals surface area contributed by atoms with Crippen molar-refractivity contribution in [2.24, 2.45) is 0 Å². The van der Waals surface area contributed by atoms with Crippen LogP contribution in [0.4, 0.5) is 0 Å². The summed E-state index contributed by atoms with van der Waals surface area (Å²) in [4.78, 5) is 12.2. The summed E-state index contributed by atoms with van der Waals surface area (Å²) >= 11 is 0. The van der Waals surface area contributed by atoms with Crippen LogP contribution >= 0.6 is 0 Å². The lowest BCUT2D eigenvalue weighted by atomic mass is 10.1. The van der Waals surface area contributed by atoms with Gasteiger partial charge in [-0.15, -0.1) is 0 Å². The van der Waals surface area contributed by atoms with Gasteiger partial charge in [-0.2, -0.15) is 0 Å². The number of carbonyl (C=O) groups excluding carboxylic acids is 1. The van der Waals surface area contributed by atoms with Gasteiger partial charge in [0.05, 0.1) is 13.7 Å². The van der Waals surface area contributed by atoms with Crippen molar-refractivity contribution in [3.63, 3.8) is 0 Å². The highest BCUT2D eigenvalue weighted by Crippen LogP contribution is 2.13. The molecule has 0 heterocycles. The van der Waals surface area contributed by atoms with Crippen LogP contribution in [0.1, 0.15) is 28.4 Å². The Morgan fingerprint density at radius 2 is 1.86 bits per heavy atom. The standard InChI is InChI=1S/C18H21NO3/c1-3-22-13-16-8-5-4-7-15(16)12-19-18(20)14-9-6-10-17(11-14)21-2/h4-11H,3,12-13H2,1-2H3,(H,19,20). The molecule has 0 aromatic heterocycles. The Balaban J connectivity index is 2.01. The van der Waals surface area contributed by atoms with Crippen LogP contribution in [0.5, 0.6) is 5.75 Å². The minimum atomic E-state index is -0.120. The summed E-state index contributed by atoms with van der Waals surface area (Å²) < 4.78 is 10.6. The normalized spacial score (nSPS) is 10.3. The number of benzene rings is 2. The molecule has 0 fully saturated rings. The molecule has 1 N–H and O–H groups in total. The first kappa shape index (κ1) is 16.0. The number of ether oxygens (including phenoxy) is 2. The van der Waals surface area contributed by atoms with Gasteiger partial charge in [0.2, 0.25) is 0 Å². The smallest absolute Gasteiger partial charge is 0.251 e. The van der Waals surface area contributed by atoms with Crippen molar-refractivity contribution in [3.05, 3.63) is 65.2 Å². The van der Waals surface area contributed by atoms with E-state index in [1.807, 2.05) is 37.3 Å². The van der Waals surface area contributed by atoms with Gasteiger partial charge >= 0.3 is 0 Å². The first-order valence-corrected chi connectivity index (χ1v) is 7.31. The molecule has 0 bridgehead atoms. The van der Waals surface area contributed by atoms with E-state index in [1.54, 1.807) is 25.3 Å². The van der Waals surface area contributed by atoms with Crippen LogP contribution in [-0.4, -0.2) is 19.6 Å². The van der Waals surface area contributed by atoms with Gasteiger partial charge < -0.3 is 14.8 Å². The van der Waals surface area contributed by atoms with Crippen molar-refractivity contribution in [2.75, 3.05) is 13.7 Å². The van der Waals surface area contributed by atoms with E-state index in [9.17, 15) is 4.79 Å². The molecule has 0 aliphatic carbocycles. The number of nitrogens with one attached hydrogen (secondary N) is 1. The average molecular weight is 299 g/mol. The molecule has 0 aliphatic heterocycles. The minimum absolute atomic E-state index is 0.120. The van der Waals surface area contributed by atoms with Crippen LogP contribution in [0.25, 0.3) is 0 Å². The second-order valence-electron chi connectivity index (χ2n) is 4.82. The molecule has 1 amide bonds. The highest BCUT2D eigenvalue weighted by atomic mass is 16.5. The van der Waals surface area contributed by atoms with Gasteiger partial charge in [-0.25, -0.2) is 0 Å². The predicted octanol–water partition coefficient (Wildman–Crippen LogP) is 3.16. The number of methoxy groups -OCH3 is 1. The van der Waals surface area contributed by atoms with E-state index < -0.39 is 0 Å². The zero-order valence-corrected chi connectivity index (χ0v) is 13.0. The predicted molar refractivity (Wildman–Crippen MR) is 85.9 cm³/mol. The molecule has 116 valence electrons. The van der Waals surface area contributed by atoms with Gasteiger partial charge in [0.1, 0.15) is 5.75 Å². The Morgan fingerprint density at radius 3 is 2.59 bits per heavy atom. The fraction of sp³-hybridized carbons (Fsp3) is 0.278. The van der Waals surface area contributed by atoms with E-state index in [2.05, 4.69) is 5.32 Å². The molecule has 2 rings (SSSR count). The van der Waals surface area contributed by atoms with Crippen LogP contribution in [0.15, 0.2) is 48.5 Å². The molecular formula is C18H21NO3. The number of rotatable bonds is 7. The van der Waals surface area contributed by atoms with Gasteiger partial charge in [0, 0.05) is 18.7 Å². The monoisotopic (exact) mass is 299 g/mol. The molecule has 0 spiro atoms. The summed E-state index contributed by atoms with van der Waals surface area (Å²) in [5.74, 6) is 0.550. The maximum absolute atomic E-state index is 12.2. The maximum atomic E-state index is 12.2. The Labute approximate surface area is 131 Å². The van der Waals surface area contributed by atoms with Crippen LogP contribution in [0.2, 0.25) is 0 Å². The molecule has 0 saturated carbocycles. The van der Waals surface area contributed by atoms with Crippen molar-refractivity contribution < 1.29 is 14.3 Å². The molecule has 2 aromatic rings. The van der Waals surface area contributed by atoms with Crippen molar-refractivity contribution in [1.29, 1.82) is 0 Å². The summed E-state index contributed by atoms with van der Waals surface area (Å²) in [6, 6.07) is 15.1. The highest BCUT2D eigenvalue weighted by Gasteiger charge is 2.08. The first-order chi connectivity index (χ1) is 10.7. The zero-order chi connectivity index (χ0) is 15.8. The van der Waals surface area contributed by atoms with Crippen LogP contribution in [-0.2, 0) is 17.9 Å². The van der Waals surface area contributed by atoms with E-state index in [4.69, 9.17) is 9.47 Å². The van der Waals surface area contributed by atoms with Crippen LogP contribution in [0, 0.1) is 0 Å².